The molecule has 1 fully saturated rings. The maximum absolute atomic E-state index is 12.5. The third-order valence-electron chi connectivity index (χ3n) is 6.14. The Morgan fingerprint density at radius 3 is 2.93 bits per heavy atom. The predicted octanol–water partition coefficient (Wildman–Crippen LogP) is 2.94. The van der Waals surface area contributed by atoms with Crippen LogP contribution in [0, 0.1) is 6.92 Å². The first-order chi connectivity index (χ1) is 14.6. The molecule has 1 aliphatic rings. The molecule has 7 nitrogen and oxygen atoms in total. The molecule has 3 heterocycles. The molecule has 154 valence electrons. The minimum Gasteiger partial charge on any atom is -0.462 e. The summed E-state index contributed by atoms with van der Waals surface area (Å²) >= 11 is 0. The van der Waals surface area contributed by atoms with Crippen LogP contribution in [0.25, 0.3) is 16.4 Å². The van der Waals surface area contributed by atoms with E-state index in [0.717, 1.165) is 18.7 Å². The Morgan fingerprint density at radius 1 is 1.23 bits per heavy atom. The summed E-state index contributed by atoms with van der Waals surface area (Å²) in [4.78, 5) is 21.8. The average Bonchev–Trinajstić information content (AvgIpc) is 3.35. The molecule has 1 aliphatic heterocycles. The van der Waals surface area contributed by atoms with Gasteiger partial charge in [-0.3, -0.25) is 9.78 Å². The number of aryl methyl sites for hydroxylation is 1. The van der Waals surface area contributed by atoms with Crippen LogP contribution in [0.3, 0.4) is 0 Å². The van der Waals surface area contributed by atoms with E-state index in [4.69, 9.17) is 4.74 Å². The van der Waals surface area contributed by atoms with Crippen molar-refractivity contribution < 1.29 is 4.74 Å². The normalized spacial score (nSPS) is 17.2. The summed E-state index contributed by atoms with van der Waals surface area (Å²) in [6.45, 7) is 3.70. The maximum Gasteiger partial charge on any atom is 0.314 e. The number of likely N-dealkylation sites (N-methyl/N-ethyl adjacent to an activating group) is 1. The van der Waals surface area contributed by atoms with E-state index >= 15 is 0 Å². The zero-order valence-electron chi connectivity index (χ0n) is 17.3. The zero-order chi connectivity index (χ0) is 20.7. The summed E-state index contributed by atoms with van der Waals surface area (Å²) in [5, 5.41) is 6.95. The fourth-order valence-corrected chi connectivity index (χ4v) is 4.33. The number of imidazole rings is 1. The number of rotatable bonds is 5. The minimum atomic E-state index is -0.291. The van der Waals surface area contributed by atoms with Crippen LogP contribution in [0.5, 0.6) is 6.01 Å². The van der Waals surface area contributed by atoms with Gasteiger partial charge in [0.2, 0.25) is 5.65 Å². The van der Waals surface area contributed by atoms with Gasteiger partial charge in [-0.1, -0.05) is 36.4 Å². The van der Waals surface area contributed by atoms with Gasteiger partial charge in [-0.05, 0) is 55.3 Å². The standard InChI is InChI=1S/C23H25N5O2/c1-15-9-10-16-6-3-4-8-19(16)20(15)12-18-13-24-21-22(29)25-23(26-28(18)21)30-14-17-7-5-11-27(17)2/h3-4,6,8-10,13,17H,5,7,11-12,14H2,1-2H3,(H,25,26,29)/t17-/m0/s1. The van der Waals surface area contributed by atoms with E-state index in [0.29, 0.717) is 19.1 Å². The summed E-state index contributed by atoms with van der Waals surface area (Å²) < 4.78 is 7.48. The number of nitrogens with one attached hydrogen (secondary N) is 1. The molecular formula is C23H25N5O2. The predicted molar refractivity (Wildman–Crippen MR) is 116 cm³/mol. The van der Waals surface area contributed by atoms with Crippen LogP contribution in [0.4, 0.5) is 0 Å². The third kappa shape index (κ3) is 3.35. The van der Waals surface area contributed by atoms with Crippen molar-refractivity contribution in [3.8, 4) is 6.01 Å². The first-order valence-electron chi connectivity index (χ1n) is 10.4. The Hall–Kier alpha value is -3.19. The second-order valence-electron chi connectivity index (χ2n) is 8.09. The quantitative estimate of drug-likeness (QED) is 0.555. The highest BCUT2D eigenvalue weighted by atomic mass is 16.5. The number of fused-ring (bicyclic) bond motifs is 2. The highest BCUT2D eigenvalue weighted by Gasteiger charge is 2.22. The molecule has 2 aromatic carbocycles. The Labute approximate surface area is 174 Å². The molecule has 1 N–H and O–H groups in total. The molecule has 0 spiro atoms. The Kier molecular flexibility index (Phi) is 4.75. The molecule has 0 aliphatic carbocycles. The van der Waals surface area contributed by atoms with Crippen molar-refractivity contribution in [3.05, 3.63) is 69.8 Å². The topological polar surface area (TPSA) is 75.5 Å². The molecule has 0 bridgehead atoms. The molecule has 0 saturated carbocycles. The SMILES string of the molecule is Cc1ccc2ccccc2c1Cc1cnc2c(=O)[nH]c(OC[C@@H]3CCCN3C)nn12. The zero-order valence-corrected chi connectivity index (χ0v) is 17.3. The van der Waals surface area contributed by atoms with Gasteiger partial charge < -0.3 is 9.64 Å². The lowest BCUT2D eigenvalue weighted by Crippen LogP contribution is -2.31. The van der Waals surface area contributed by atoms with Crippen molar-refractivity contribution >= 4 is 16.4 Å². The highest BCUT2D eigenvalue weighted by Crippen LogP contribution is 2.25. The highest BCUT2D eigenvalue weighted by molar-refractivity contribution is 5.87. The number of H-pyrrole nitrogens is 1. The summed E-state index contributed by atoms with van der Waals surface area (Å²) in [6, 6.07) is 13.2. The van der Waals surface area contributed by atoms with E-state index in [1.807, 2.05) is 6.07 Å². The van der Waals surface area contributed by atoms with Crippen LogP contribution >= 0.6 is 0 Å². The molecule has 4 aromatic rings. The number of benzene rings is 2. The molecule has 1 saturated heterocycles. The fraction of sp³-hybridized carbons (Fsp3) is 0.348. The fourth-order valence-electron chi connectivity index (χ4n) is 4.33. The van der Waals surface area contributed by atoms with E-state index in [1.165, 1.54) is 28.3 Å². The molecule has 2 aromatic heterocycles. The van der Waals surface area contributed by atoms with Gasteiger partial charge >= 0.3 is 6.01 Å². The maximum atomic E-state index is 12.5. The summed E-state index contributed by atoms with van der Waals surface area (Å²) in [6.07, 6.45) is 4.63. The number of ether oxygens (including phenoxy) is 1. The van der Waals surface area contributed by atoms with Gasteiger partial charge in [-0.25, -0.2) is 9.50 Å². The number of hydrogen-bond acceptors (Lipinski definition) is 5. The number of hydrogen-bond donors (Lipinski definition) is 1. The molecule has 1 atom stereocenters. The largest absolute Gasteiger partial charge is 0.462 e. The van der Waals surface area contributed by atoms with Crippen LogP contribution in [0.1, 0.15) is 29.7 Å². The second kappa shape index (κ2) is 7.57. The van der Waals surface area contributed by atoms with Crippen molar-refractivity contribution in [1.82, 2.24) is 24.5 Å². The number of aromatic nitrogens is 4. The third-order valence-corrected chi connectivity index (χ3v) is 6.14. The van der Waals surface area contributed by atoms with Crippen molar-refractivity contribution in [2.75, 3.05) is 20.2 Å². The average molecular weight is 403 g/mol. The lowest BCUT2D eigenvalue weighted by Gasteiger charge is -2.18. The minimum absolute atomic E-state index is 0.238. The van der Waals surface area contributed by atoms with E-state index < -0.39 is 0 Å². The van der Waals surface area contributed by atoms with Crippen LogP contribution in [-0.4, -0.2) is 50.7 Å². The van der Waals surface area contributed by atoms with Crippen molar-refractivity contribution in [1.29, 1.82) is 0 Å². The van der Waals surface area contributed by atoms with Gasteiger partial charge in [0.15, 0.2) is 0 Å². The van der Waals surface area contributed by atoms with Gasteiger partial charge in [0, 0.05) is 12.5 Å². The summed E-state index contributed by atoms with van der Waals surface area (Å²) in [5.74, 6) is 0. The van der Waals surface area contributed by atoms with Gasteiger partial charge in [-0.2, -0.15) is 0 Å². The van der Waals surface area contributed by atoms with Gasteiger partial charge in [0.05, 0.1) is 11.9 Å². The molecular weight excluding hydrogens is 378 g/mol. The lowest BCUT2D eigenvalue weighted by molar-refractivity contribution is 0.185. The summed E-state index contributed by atoms with van der Waals surface area (Å²) in [7, 11) is 2.10. The van der Waals surface area contributed by atoms with Crippen LogP contribution in [-0.2, 0) is 6.42 Å². The van der Waals surface area contributed by atoms with Gasteiger partial charge in [0.1, 0.15) is 6.61 Å². The first kappa shape index (κ1) is 18.8. The van der Waals surface area contributed by atoms with Crippen molar-refractivity contribution in [3.63, 3.8) is 0 Å². The van der Waals surface area contributed by atoms with Crippen molar-refractivity contribution in [2.45, 2.75) is 32.2 Å². The number of nitrogens with zero attached hydrogens (tertiary/aromatic N) is 4. The van der Waals surface area contributed by atoms with E-state index in [2.05, 4.69) is 64.3 Å². The first-order valence-corrected chi connectivity index (χ1v) is 10.4. The smallest absolute Gasteiger partial charge is 0.314 e. The second-order valence-corrected chi connectivity index (χ2v) is 8.09. The van der Waals surface area contributed by atoms with Gasteiger partial charge in [-0.15, -0.1) is 5.10 Å². The molecule has 0 unspecified atom stereocenters. The van der Waals surface area contributed by atoms with Gasteiger partial charge in [0.25, 0.3) is 5.56 Å². The molecule has 5 rings (SSSR count). The monoisotopic (exact) mass is 403 g/mol. The number of likely N-dealkylation sites (tertiary alicyclic amines) is 1. The van der Waals surface area contributed by atoms with Crippen LogP contribution < -0.4 is 10.3 Å². The van der Waals surface area contributed by atoms with E-state index in [9.17, 15) is 4.79 Å². The van der Waals surface area contributed by atoms with E-state index in [-0.39, 0.29) is 17.2 Å². The molecule has 0 amide bonds. The Bertz CT molecular complexity index is 1280. The summed E-state index contributed by atoms with van der Waals surface area (Å²) in [5.41, 5.74) is 3.27. The molecule has 30 heavy (non-hydrogen) atoms. The molecule has 0 radical (unpaired) electrons. The van der Waals surface area contributed by atoms with Crippen LogP contribution in [0.2, 0.25) is 0 Å². The Balaban J connectivity index is 1.49. The lowest BCUT2D eigenvalue weighted by atomic mass is 9.96. The van der Waals surface area contributed by atoms with Crippen molar-refractivity contribution in [2.24, 2.45) is 0 Å². The van der Waals surface area contributed by atoms with Crippen LogP contribution in [0.15, 0.2) is 47.4 Å². The molecule has 7 heteroatoms. The van der Waals surface area contributed by atoms with E-state index in [1.54, 1.807) is 10.7 Å². The number of aromatic amines is 1. The Morgan fingerprint density at radius 2 is 2.10 bits per heavy atom.